The monoisotopic (exact) mass is 382 g/mol. The van der Waals surface area contributed by atoms with Gasteiger partial charge >= 0.3 is 6.18 Å². The highest BCUT2D eigenvalue weighted by atomic mass is 19.4. The second-order valence-corrected chi connectivity index (χ2v) is 8.19. The summed E-state index contributed by atoms with van der Waals surface area (Å²) in [7, 11) is 1.61. The summed E-state index contributed by atoms with van der Waals surface area (Å²) in [4.78, 5) is 0. The summed E-state index contributed by atoms with van der Waals surface area (Å²) >= 11 is 0. The standard InChI is InChI=1S/C22H26F4O/c1-20(2,15-7-6-8-17(13-15)27-5)11-12-21(3,4)16-9-10-19(23)18(14-16)22(24,25)26/h6-10,13-14H,11-12H2,1-5H3. The molecule has 0 atom stereocenters. The molecule has 0 amide bonds. The van der Waals surface area contributed by atoms with Gasteiger partial charge in [0.2, 0.25) is 0 Å². The molecule has 0 saturated carbocycles. The molecule has 0 aliphatic rings. The summed E-state index contributed by atoms with van der Waals surface area (Å²) in [6.07, 6.45) is -3.29. The molecule has 0 fully saturated rings. The van der Waals surface area contributed by atoms with E-state index in [2.05, 4.69) is 13.8 Å². The largest absolute Gasteiger partial charge is 0.497 e. The molecule has 5 heteroatoms. The summed E-state index contributed by atoms with van der Waals surface area (Å²) < 4.78 is 58.0. The Morgan fingerprint density at radius 1 is 0.815 bits per heavy atom. The van der Waals surface area contributed by atoms with Crippen molar-refractivity contribution in [2.24, 2.45) is 0 Å². The van der Waals surface area contributed by atoms with Gasteiger partial charge in [-0.3, -0.25) is 0 Å². The van der Waals surface area contributed by atoms with Crippen LogP contribution in [0.2, 0.25) is 0 Å². The quantitative estimate of drug-likeness (QED) is 0.494. The van der Waals surface area contributed by atoms with Gasteiger partial charge in [-0.1, -0.05) is 45.9 Å². The van der Waals surface area contributed by atoms with Crippen molar-refractivity contribution in [2.45, 2.75) is 57.5 Å². The van der Waals surface area contributed by atoms with E-state index in [9.17, 15) is 17.6 Å². The Kier molecular flexibility index (Phi) is 5.93. The highest BCUT2D eigenvalue weighted by molar-refractivity contribution is 5.34. The minimum atomic E-state index is -4.70. The predicted molar refractivity (Wildman–Crippen MR) is 99.7 cm³/mol. The van der Waals surface area contributed by atoms with Crippen molar-refractivity contribution in [2.75, 3.05) is 7.11 Å². The molecule has 0 aliphatic carbocycles. The van der Waals surface area contributed by atoms with Crippen LogP contribution in [0.3, 0.4) is 0 Å². The molecule has 0 aliphatic heterocycles. The molecule has 0 heterocycles. The first kappa shape index (κ1) is 21.3. The maximum absolute atomic E-state index is 13.6. The molecule has 2 rings (SSSR count). The number of alkyl halides is 3. The highest BCUT2D eigenvalue weighted by Gasteiger charge is 2.36. The van der Waals surface area contributed by atoms with Crippen molar-refractivity contribution in [1.29, 1.82) is 0 Å². The van der Waals surface area contributed by atoms with Crippen molar-refractivity contribution in [3.8, 4) is 5.75 Å². The lowest BCUT2D eigenvalue weighted by Crippen LogP contribution is -2.25. The van der Waals surface area contributed by atoms with Gasteiger partial charge in [-0.05, 0) is 59.1 Å². The first-order valence-electron chi connectivity index (χ1n) is 8.88. The normalized spacial score (nSPS) is 12.9. The Hall–Kier alpha value is -2.04. The maximum atomic E-state index is 13.6. The molecule has 148 valence electrons. The zero-order valence-electron chi connectivity index (χ0n) is 16.4. The molecule has 0 aromatic heterocycles. The molecular weight excluding hydrogens is 356 g/mol. The van der Waals surface area contributed by atoms with E-state index in [0.29, 0.717) is 12.0 Å². The van der Waals surface area contributed by atoms with E-state index in [4.69, 9.17) is 4.74 Å². The van der Waals surface area contributed by atoms with Gasteiger partial charge in [-0.15, -0.1) is 0 Å². The SMILES string of the molecule is COc1cccc(C(C)(C)CCC(C)(C)c2ccc(F)c(C(F)(F)F)c2)c1. The Morgan fingerprint density at radius 2 is 1.37 bits per heavy atom. The van der Waals surface area contributed by atoms with E-state index >= 15 is 0 Å². The molecule has 0 bridgehead atoms. The van der Waals surface area contributed by atoms with E-state index < -0.39 is 23.0 Å². The highest BCUT2D eigenvalue weighted by Crippen LogP contribution is 2.39. The molecule has 0 saturated heterocycles. The maximum Gasteiger partial charge on any atom is 0.419 e. The van der Waals surface area contributed by atoms with E-state index in [1.54, 1.807) is 7.11 Å². The number of ether oxygens (including phenoxy) is 1. The zero-order valence-corrected chi connectivity index (χ0v) is 16.4. The second kappa shape index (κ2) is 7.53. The van der Waals surface area contributed by atoms with E-state index in [1.807, 2.05) is 38.1 Å². The predicted octanol–water partition coefficient (Wildman–Crippen LogP) is 6.89. The fourth-order valence-electron chi connectivity index (χ4n) is 3.12. The average molecular weight is 382 g/mol. The minimum Gasteiger partial charge on any atom is -0.497 e. The molecule has 0 radical (unpaired) electrons. The van der Waals surface area contributed by atoms with Crippen LogP contribution in [0.4, 0.5) is 17.6 Å². The number of hydrogen-bond donors (Lipinski definition) is 0. The molecule has 2 aromatic carbocycles. The van der Waals surface area contributed by atoms with Crippen LogP contribution in [0.25, 0.3) is 0 Å². The minimum absolute atomic E-state index is 0.182. The van der Waals surface area contributed by atoms with Gasteiger partial charge in [0.1, 0.15) is 11.6 Å². The van der Waals surface area contributed by atoms with Crippen LogP contribution in [0.5, 0.6) is 5.75 Å². The average Bonchev–Trinajstić information content (AvgIpc) is 2.59. The third kappa shape index (κ3) is 5.02. The van der Waals surface area contributed by atoms with Gasteiger partial charge in [0.05, 0.1) is 12.7 Å². The van der Waals surface area contributed by atoms with Crippen LogP contribution in [-0.2, 0) is 17.0 Å². The zero-order chi connectivity index (χ0) is 20.5. The Bertz CT molecular complexity index is 791. The number of halogens is 4. The number of rotatable bonds is 6. The fourth-order valence-corrected chi connectivity index (χ4v) is 3.12. The summed E-state index contributed by atoms with van der Waals surface area (Å²) in [6.45, 7) is 7.98. The third-order valence-electron chi connectivity index (χ3n) is 5.28. The van der Waals surface area contributed by atoms with Crippen molar-refractivity contribution >= 4 is 0 Å². The lowest BCUT2D eigenvalue weighted by Gasteiger charge is -2.32. The fraction of sp³-hybridized carbons (Fsp3) is 0.455. The van der Waals surface area contributed by atoms with Crippen LogP contribution >= 0.6 is 0 Å². The summed E-state index contributed by atoms with van der Waals surface area (Å²) in [6, 6.07) is 11.1. The molecule has 2 aromatic rings. The molecular formula is C22H26F4O. The third-order valence-corrected chi connectivity index (χ3v) is 5.28. The van der Waals surface area contributed by atoms with Crippen LogP contribution in [0.1, 0.15) is 57.2 Å². The summed E-state index contributed by atoms with van der Waals surface area (Å²) in [5, 5.41) is 0. The number of hydrogen-bond acceptors (Lipinski definition) is 1. The van der Waals surface area contributed by atoms with Gasteiger partial charge in [-0.25, -0.2) is 4.39 Å². The van der Waals surface area contributed by atoms with Gasteiger partial charge in [0.15, 0.2) is 0 Å². The molecule has 0 N–H and O–H groups in total. The van der Waals surface area contributed by atoms with E-state index in [1.165, 1.54) is 6.07 Å². The lowest BCUT2D eigenvalue weighted by molar-refractivity contribution is -0.140. The van der Waals surface area contributed by atoms with E-state index in [-0.39, 0.29) is 5.41 Å². The van der Waals surface area contributed by atoms with Crippen LogP contribution in [-0.4, -0.2) is 7.11 Å². The van der Waals surface area contributed by atoms with Gasteiger partial charge in [-0.2, -0.15) is 13.2 Å². The van der Waals surface area contributed by atoms with E-state index in [0.717, 1.165) is 29.9 Å². The second-order valence-electron chi connectivity index (χ2n) is 8.19. The van der Waals surface area contributed by atoms with Crippen molar-refractivity contribution < 1.29 is 22.3 Å². The van der Waals surface area contributed by atoms with Crippen LogP contribution in [0.15, 0.2) is 42.5 Å². The van der Waals surface area contributed by atoms with Crippen molar-refractivity contribution in [3.05, 3.63) is 65.0 Å². The van der Waals surface area contributed by atoms with Gasteiger partial charge in [0, 0.05) is 0 Å². The first-order chi connectivity index (χ1) is 12.4. The van der Waals surface area contributed by atoms with Gasteiger partial charge in [0.25, 0.3) is 0 Å². The summed E-state index contributed by atoms with van der Waals surface area (Å²) in [5.41, 5.74) is -0.326. The molecule has 27 heavy (non-hydrogen) atoms. The van der Waals surface area contributed by atoms with Crippen molar-refractivity contribution in [3.63, 3.8) is 0 Å². The smallest absolute Gasteiger partial charge is 0.419 e. The lowest BCUT2D eigenvalue weighted by atomic mass is 9.72. The Labute approximate surface area is 158 Å². The first-order valence-corrected chi connectivity index (χ1v) is 8.88. The topological polar surface area (TPSA) is 9.23 Å². The molecule has 0 unspecified atom stereocenters. The molecule has 0 spiro atoms. The van der Waals surface area contributed by atoms with Crippen molar-refractivity contribution in [1.82, 2.24) is 0 Å². The number of benzene rings is 2. The van der Waals surface area contributed by atoms with Crippen LogP contribution in [0, 0.1) is 5.82 Å². The van der Waals surface area contributed by atoms with Gasteiger partial charge < -0.3 is 4.74 Å². The Balaban J connectivity index is 2.23. The number of methoxy groups -OCH3 is 1. The van der Waals surface area contributed by atoms with Crippen LogP contribution < -0.4 is 4.74 Å². The molecule has 1 nitrogen and oxygen atoms in total. The Morgan fingerprint density at radius 3 is 1.89 bits per heavy atom. The summed E-state index contributed by atoms with van der Waals surface area (Å²) in [5.74, 6) is -0.466.